The molecule has 1 saturated carbocycles. The molecule has 36 heavy (non-hydrogen) atoms. The minimum absolute atomic E-state index is 0.219. The number of ether oxygens (including phenoxy) is 1. The van der Waals surface area contributed by atoms with Crippen LogP contribution in [0.25, 0.3) is 37.5 Å². The quantitative estimate of drug-likeness (QED) is 0.351. The Hall–Kier alpha value is -3.56. The largest absolute Gasteiger partial charge is 0.381 e. The molecule has 6 heterocycles. The summed E-state index contributed by atoms with van der Waals surface area (Å²) < 4.78 is 8.27. The van der Waals surface area contributed by atoms with Gasteiger partial charge in [0, 0.05) is 36.0 Å². The van der Waals surface area contributed by atoms with Gasteiger partial charge in [-0.25, -0.2) is 14.6 Å². The fourth-order valence-corrected chi connectivity index (χ4v) is 5.75. The lowest BCUT2D eigenvalue weighted by Crippen LogP contribution is -2.18. The number of fused-ring (bicyclic) bond motifs is 2. The van der Waals surface area contributed by atoms with E-state index in [0.717, 1.165) is 56.5 Å². The number of hydrogen-bond donors (Lipinski definition) is 0. The SMILES string of the molecule is Cc1nc2c(=O)c(-c3cc4cc([C@H]5CCOC5)ncc4s3)nn(-c3ccc(C4CC4)nc3)c2nc1C. The van der Waals surface area contributed by atoms with E-state index in [1.807, 2.05) is 44.4 Å². The van der Waals surface area contributed by atoms with Crippen LogP contribution in [0.3, 0.4) is 0 Å². The zero-order valence-corrected chi connectivity index (χ0v) is 20.9. The van der Waals surface area contributed by atoms with Crippen molar-refractivity contribution in [2.75, 3.05) is 13.2 Å². The molecule has 5 aromatic heterocycles. The van der Waals surface area contributed by atoms with E-state index in [2.05, 4.69) is 21.0 Å². The van der Waals surface area contributed by atoms with Crippen LogP contribution in [0.4, 0.5) is 0 Å². The molecular formula is C27H24N6O2S. The second kappa shape index (κ2) is 8.25. The van der Waals surface area contributed by atoms with E-state index in [0.29, 0.717) is 35.3 Å². The molecule has 0 radical (unpaired) electrons. The van der Waals surface area contributed by atoms with Crippen molar-refractivity contribution >= 4 is 32.6 Å². The molecule has 2 aliphatic rings. The molecule has 7 rings (SSSR count). The van der Waals surface area contributed by atoms with Crippen LogP contribution in [0, 0.1) is 13.8 Å². The topological polar surface area (TPSA) is 95.7 Å². The molecule has 1 aliphatic carbocycles. The summed E-state index contributed by atoms with van der Waals surface area (Å²) in [5.74, 6) is 0.882. The van der Waals surface area contributed by atoms with Crippen LogP contribution in [0.5, 0.6) is 0 Å². The summed E-state index contributed by atoms with van der Waals surface area (Å²) in [5.41, 5.74) is 5.29. The van der Waals surface area contributed by atoms with Crippen LogP contribution in [0.1, 0.15) is 53.9 Å². The van der Waals surface area contributed by atoms with E-state index >= 15 is 0 Å². The first kappa shape index (κ1) is 21.7. The molecule has 0 unspecified atom stereocenters. The number of aryl methyl sites for hydroxylation is 2. The highest BCUT2D eigenvalue weighted by Gasteiger charge is 2.25. The Labute approximate surface area is 211 Å². The van der Waals surface area contributed by atoms with E-state index < -0.39 is 0 Å². The van der Waals surface area contributed by atoms with Gasteiger partial charge in [0.15, 0.2) is 16.9 Å². The normalized spacial score (nSPS) is 17.9. The summed E-state index contributed by atoms with van der Waals surface area (Å²) in [4.78, 5) is 33.1. The predicted octanol–water partition coefficient (Wildman–Crippen LogP) is 4.85. The van der Waals surface area contributed by atoms with E-state index in [1.54, 1.807) is 4.68 Å². The van der Waals surface area contributed by atoms with Gasteiger partial charge in [-0.15, -0.1) is 11.3 Å². The smallest absolute Gasteiger partial charge is 0.236 e. The predicted molar refractivity (Wildman–Crippen MR) is 139 cm³/mol. The van der Waals surface area contributed by atoms with Crippen LogP contribution in [-0.2, 0) is 4.74 Å². The van der Waals surface area contributed by atoms with Gasteiger partial charge in [-0.2, -0.15) is 5.10 Å². The number of aromatic nitrogens is 6. The minimum Gasteiger partial charge on any atom is -0.381 e. The third-order valence-electron chi connectivity index (χ3n) is 7.14. The molecule has 0 spiro atoms. The summed E-state index contributed by atoms with van der Waals surface area (Å²) in [5, 5.41) is 5.89. The van der Waals surface area contributed by atoms with Crippen LogP contribution < -0.4 is 5.43 Å². The molecule has 1 atom stereocenters. The average Bonchev–Trinajstić information content (AvgIpc) is 3.42. The van der Waals surface area contributed by atoms with Gasteiger partial charge in [-0.05, 0) is 62.8 Å². The van der Waals surface area contributed by atoms with Crippen molar-refractivity contribution in [1.82, 2.24) is 29.7 Å². The molecule has 0 bridgehead atoms. The van der Waals surface area contributed by atoms with Crippen LogP contribution in [-0.4, -0.2) is 42.9 Å². The van der Waals surface area contributed by atoms with Gasteiger partial charge in [0.25, 0.3) is 0 Å². The van der Waals surface area contributed by atoms with Crippen molar-refractivity contribution in [1.29, 1.82) is 0 Å². The van der Waals surface area contributed by atoms with Crippen molar-refractivity contribution < 1.29 is 4.74 Å². The summed E-state index contributed by atoms with van der Waals surface area (Å²) in [6.07, 6.45) is 7.07. The summed E-state index contributed by atoms with van der Waals surface area (Å²) in [6.45, 7) is 5.25. The summed E-state index contributed by atoms with van der Waals surface area (Å²) >= 11 is 1.52. The van der Waals surface area contributed by atoms with Crippen molar-refractivity contribution in [2.45, 2.75) is 44.9 Å². The lowest BCUT2D eigenvalue weighted by molar-refractivity contribution is 0.193. The highest BCUT2D eigenvalue weighted by molar-refractivity contribution is 7.22. The van der Waals surface area contributed by atoms with Crippen molar-refractivity contribution in [3.63, 3.8) is 0 Å². The number of hydrogen-bond acceptors (Lipinski definition) is 8. The zero-order chi connectivity index (χ0) is 24.4. The van der Waals surface area contributed by atoms with Crippen molar-refractivity contribution in [2.24, 2.45) is 0 Å². The van der Waals surface area contributed by atoms with Gasteiger partial charge in [0.2, 0.25) is 5.43 Å². The molecule has 2 fully saturated rings. The minimum atomic E-state index is -0.219. The number of thiophene rings is 1. The maximum absolute atomic E-state index is 13.7. The van der Waals surface area contributed by atoms with E-state index in [4.69, 9.17) is 14.8 Å². The first-order valence-electron chi connectivity index (χ1n) is 12.3. The molecule has 8 nitrogen and oxygen atoms in total. The van der Waals surface area contributed by atoms with E-state index in [1.165, 1.54) is 24.2 Å². The van der Waals surface area contributed by atoms with Crippen molar-refractivity contribution in [3.05, 3.63) is 69.7 Å². The maximum atomic E-state index is 13.7. The Morgan fingerprint density at radius 2 is 1.81 bits per heavy atom. The Morgan fingerprint density at radius 3 is 2.56 bits per heavy atom. The molecule has 0 N–H and O–H groups in total. The second-order valence-electron chi connectivity index (χ2n) is 9.69. The Balaban J connectivity index is 1.41. The molecule has 1 saturated heterocycles. The number of rotatable bonds is 4. The van der Waals surface area contributed by atoms with Crippen LogP contribution in [0.2, 0.25) is 0 Å². The standard InChI is InChI=1S/C27H24N6O2S/c1-14-15(2)31-27-25(30-14)26(34)24(32-33(27)19-5-6-20(28-11-19)16-3-4-16)22-10-18-9-21(17-7-8-35-13-17)29-12-23(18)36-22/h5-6,9-12,16-17H,3-4,7-8,13H2,1-2H3/t17-/m0/s1. The monoisotopic (exact) mass is 496 g/mol. The van der Waals surface area contributed by atoms with Gasteiger partial charge < -0.3 is 4.74 Å². The first-order chi connectivity index (χ1) is 17.5. The van der Waals surface area contributed by atoms with E-state index in [9.17, 15) is 4.79 Å². The average molecular weight is 497 g/mol. The molecule has 180 valence electrons. The Morgan fingerprint density at radius 1 is 0.972 bits per heavy atom. The fourth-order valence-electron chi connectivity index (χ4n) is 4.75. The van der Waals surface area contributed by atoms with Crippen LogP contribution in [0.15, 0.2) is 41.5 Å². The highest BCUT2D eigenvalue weighted by atomic mass is 32.1. The third kappa shape index (κ3) is 3.61. The lowest BCUT2D eigenvalue weighted by atomic mass is 10.0. The molecule has 1 aliphatic heterocycles. The van der Waals surface area contributed by atoms with Crippen molar-refractivity contribution in [3.8, 4) is 16.3 Å². The second-order valence-corrected chi connectivity index (χ2v) is 10.8. The first-order valence-corrected chi connectivity index (χ1v) is 13.1. The number of pyridine rings is 2. The summed E-state index contributed by atoms with van der Waals surface area (Å²) in [6, 6.07) is 8.20. The molecule has 9 heteroatoms. The van der Waals surface area contributed by atoms with Gasteiger partial charge in [-0.3, -0.25) is 14.8 Å². The zero-order valence-electron chi connectivity index (χ0n) is 20.1. The van der Waals surface area contributed by atoms with E-state index in [-0.39, 0.29) is 5.43 Å². The third-order valence-corrected chi connectivity index (χ3v) is 8.23. The van der Waals surface area contributed by atoms with Gasteiger partial charge in [0.05, 0.1) is 39.5 Å². The maximum Gasteiger partial charge on any atom is 0.236 e. The lowest BCUT2D eigenvalue weighted by Gasteiger charge is -2.12. The molecule has 0 amide bonds. The van der Waals surface area contributed by atoms with Gasteiger partial charge in [-0.1, -0.05) is 0 Å². The molecule has 0 aromatic carbocycles. The van der Waals surface area contributed by atoms with Gasteiger partial charge in [0.1, 0.15) is 0 Å². The van der Waals surface area contributed by atoms with Gasteiger partial charge >= 0.3 is 0 Å². The fraction of sp³-hybridized carbons (Fsp3) is 0.333. The Bertz CT molecular complexity index is 1700. The number of nitrogens with zero attached hydrogens (tertiary/aromatic N) is 6. The summed E-state index contributed by atoms with van der Waals surface area (Å²) in [7, 11) is 0. The molecule has 5 aromatic rings. The molecular weight excluding hydrogens is 472 g/mol. The van der Waals surface area contributed by atoms with Crippen LogP contribution >= 0.6 is 11.3 Å². The Kier molecular flexibility index (Phi) is 4.97. The highest BCUT2D eigenvalue weighted by Crippen LogP contribution is 2.39.